The van der Waals surface area contributed by atoms with Crippen molar-refractivity contribution in [1.29, 1.82) is 0 Å². The number of anilines is 1. The summed E-state index contributed by atoms with van der Waals surface area (Å²) in [4.78, 5) is 12.5. The number of aliphatic hydroxyl groups excluding tert-OH is 1. The standard InChI is InChI=1S/C20H21FN4O3S/c1-28-16-8-2-13(3-9-16)12-17(19-25-24-18(29-19)10-11-26)23-20(27)22-15-6-4-14(21)5-7-15/h2-9,17,26H,10-12H2,1H3,(H2,22,23,27). The summed E-state index contributed by atoms with van der Waals surface area (Å²) >= 11 is 1.34. The molecule has 0 radical (unpaired) electrons. The average molecular weight is 416 g/mol. The second kappa shape index (κ2) is 9.94. The number of nitrogens with one attached hydrogen (secondary N) is 2. The Morgan fingerprint density at radius 2 is 1.90 bits per heavy atom. The fourth-order valence-corrected chi connectivity index (χ4v) is 3.54. The number of carbonyl (C=O) groups excluding carboxylic acids is 1. The Bertz CT molecular complexity index is 932. The van der Waals surface area contributed by atoms with Gasteiger partial charge in [-0.05, 0) is 48.4 Å². The number of amides is 2. The van der Waals surface area contributed by atoms with Crippen LogP contribution >= 0.6 is 11.3 Å². The minimum absolute atomic E-state index is 0.0176. The number of rotatable bonds is 8. The van der Waals surface area contributed by atoms with Crippen LogP contribution in [0.1, 0.15) is 21.6 Å². The van der Waals surface area contributed by atoms with Gasteiger partial charge in [0.2, 0.25) is 0 Å². The van der Waals surface area contributed by atoms with Gasteiger partial charge in [-0.2, -0.15) is 0 Å². The fourth-order valence-electron chi connectivity index (χ4n) is 2.66. The van der Waals surface area contributed by atoms with E-state index >= 15 is 0 Å². The second-order valence-corrected chi connectivity index (χ2v) is 7.31. The number of aromatic nitrogens is 2. The Morgan fingerprint density at radius 3 is 2.55 bits per heavy atom. The second-order valence-electron chi connectivity index (χ2n) is 6.22. The molecule has 0 bridgehead atoms. The van der Waals surface area contributed by atoms with Gasteiger partial charge >= 0.3 is 6.03 Å². The van der Waals surface area contributed by atoms with E-state index in [1.165, 1.54) is 35.6 Å². The minimum Gasteiger partial charge on any atom is -0.497 e. The first-order valence-corrected chi connectivity index (χ1v) is 9.78. The van der Waals surface area contributed by atoms with Crippen LogP contribution in [-0.2, 0) is 12.8 Å². The van der Waals surface area contributed by atoms with Crippen LogP contribution < -0.4 is 15.4 Å². The molecule has 29 heavy (non-hydrogen) atoms. The molecule has 9 heteroatoms. The zero-order valence-electron chi connectivity index (χ0n) is 15.8. The lowest BCUT2D eigenvalue weighted by Crippen LogP contribution is -2.33. The molecule has 0 fully saturated rings. The predicted octanol–water partition coefficient (Wildman–Crippen LogP) is 3.33. The van der Waals surface area contributed by atoms with Crippen LogP contribution in [0, 0.1) is 5.82 Å². The largest absolute Gasteiger partial charge is 0.497 e. The number of hydrogen-bond donors (Lipinski definition) is 3. The van der Waals surface area contributed by atoms with Crippen LogP contribution in [0.5, 0.6) is 5.75 Å². The van der Waals surface area contributed by atoms with E-state index in [2.05, 4.69) is 20.8 Å². The Hall–Kier alpha value is -3.04. The molecule has 1 atom stereocenters. The summed E-state index contributed by atoms with van der Waals surface area (Å²) in [5, 5.41) is 24.3. The van der Waals surface area contributed by atoms with E-state index in [1.807, 2.05) is 24.3 Å². The molecule has 1 unspecified atom stereocenters. The normalized spacial score (nSPS) is 11.7. The van der Waals surface area contributed by atoms with Crippen molar-refractivity contribution in [2.75, 3.05) is 19.0 Å². The number of benzene rings is 2. The van der Waals surface area contributed by atoms with Crippen LogP contribution in [0.2, 0.25) is 0 Å². The van der Waals surface area contributed by atoms with Crippen LogP contribution in [0.4, 0.5) is 14.9 Å². The molecule has 0 aliphatic carbocycles. The average Bonchev–Trinajstić information content (AvgIpc) is 3.19. The van der Waals surface area contributed by atoms with E-state index in [-0.39, 0.29) is 12.4 Å². The van der Waals surface area contributed by atoms with Gasteiger partial charge in [0.1, 0.15) is 21.6 Å². The predicted molar refractivity (Wildman–Crippen MR) is 109 cm³/mol. The summed E-state index contributed by atoms with van der Waals surface area (Å²) in [6.45, 7) is -0.0176. The van der Waals surface area contributed by atoms with Crippen LogP contribution in [0.15, 0.2) is 48.5 Å². The van der Waals surface area contributed by atoms with Crippen molar-refractivity contribution in [2.45, 2.75) is 18.9 Å². The third kappa shape index (κ3) is 5.97. The van der Waals surface area contributed by atoms with Gasteiger partial charge in [-0.15, -0.1) is 10.2 Å². The third-order valence-corrected chi connectivity index (χ3v) is 5.21. The Labute approximate surface area is 171 Å². The maximum absolute atomic E-state index is 13.0. The van der Waals surface area contributed by atoms with Gasteiger partial charge in [-0.25, -0.2) is 9.18 Å². The summed E-state index contributed by atoms with van der Waals surface area (Å²) in [6.07, 6.45) is 0.906. The molecule has 152 valence electrons. The topological polar surface area (TPSA) is 96.4 Å². The molecule has 0 saturated heterocycles. The van der Waals surface area contributed by atoms with Crippen molar-refractivity contribution in [3.8, 4) is 5.75 Å². The van der Waals surface area contributed by atoms with Crippen molar-refractivity contribution in [3.63, 3.8) is 0 Å². The molecule has 0 aliphatic rings. The van der Waals surface area contributed by atoms with E-state index in [0.717, 1.165) is 11.3 Å². The highest BCUT2D eigenvalue weighted by atomic mass is 32.1. The molecule has 1 heterocycles. The van der Waals surface area contributed by atoms with Crippen LogP contribution in [0.25, 0.3) is 0 Å². The molecule has 3 rings (SSSR count). The highest BCUT2D eigenvalue weighted by molar-refractivity contribution is 7.11. The van der Waals surface area contributed by atoms with Gasteiger partial charge < -0.3 is 20.5 Å². The minimum atomic E-state index is -0.436. The molecule has 2 aromatic carbocycles. The number of hydrogen-bond acceptors (Lipinski definition) is 6. The fraction of sp³-hybridized carbons (Fsp3) is 0.250. The zero-order chi connectivity index (χ0) is 20.6. The van der Waals surface area contributed by atoms with Gasteiger partial charge in [0.25, 0.3) is 0 Å². The monoisotopic (exact) mass is 416 g/mol. The number of carbonyl (C=O) groups is 1. The first-order valence-electron chi connectivity index (χ1n) is 8.96. The summed E-state index contributed by atoms with van der Waals surface area (Å²) in [5.74, 6) is 0.368. The van der Waals surface area contributed by atoms with Crippen molar-refractivity contribution in [2.24, 2.45) is 0 Å². The maximum atomic E-state index is 13.0. The van der Waals surface area contributed by atoms with Crippen LogP contribution in [-0.4, -0.2) is 35.1 Å². The van der Waals surface area contributed by atoms with Gasteiger partial charge in [0, 0.05) is 18.7 Å². The summed E-state index contributed by atoms with van der Waals surface area (Å²) in [6, 6.07) is 12.2. The summed E-state index contributed by atoms with van der Waals surface area (Å²) < 4.78 is 18.2. The Balaban J connectivity index is 1.75. The number of nitrogens with zero attached hydrogens (tertiary/aromatic N) is 2. The highest BCUT2D eigenvalue weighted by Crippen LogP contribution is 2.24. The number of aliphatic hydroxyl groups is 1. The SMILES string of the molecule is COc1ccc(CC(NC(=O)Nc2ccc(F)cc2)c2nnc(CCO)s2)cc1. The third-order valence-electron chi connectivity index (χ3n) is 4.11. The van der Waals surface area contributed by atoms with E-state index in [1.54, 1.807) is 7.11 Å². The van der Waals surface area contributed by atoms with Crippen LogP contribution in [0.3, 0.4) is 0 Å². The van der Waals surface area contributed by atoms with Gasteiger partial charge in [-0.3, -0.25) is 0 Å². The molecule has 7 nitrogen and oxygen atoms in total. The molecule has 1 aromatic heterocycles. The molecule has 3 N–H and O–H groups in total. The van der Waals surface area contributed by atoms with Gasteiger partial charge in [0.15, 0.2) is 0 Å². The van der Waals surface area contributed by atoms with Gasteiger partial charge in [-0.1, -0.05) is 23.5 Å². The first kappa shape index (κ1) is 20.7. The van der Waals surface area contributed by atoms with Crippen molar-refractivity contribution < 1.29 is 19.0 Å². The molecule has 3 aromatic rings. The van der Waals surface area contributed by atoms with E-state index in [4.69, 9.17) is 9.84 Å². The summed E-state index contributed by atoms with van der Waals surface area (Å²) in [7, 11) is 1.60. The molecule has 2 amide bonds. The molecule has 0 aliphatic heterocycles. The quantitative estimate of drug-likeness (QED) is 0.523. The van der Waals surface area contributed by atoms with Gasteiger partial charge in [0.05, 0.1) is 13.2 Å². The molecule has 0 spiro atoms. The highest BCUT2D eigenvalue weighted by Gasteiger charge is 2.20. The van der Waals surface area contributed by atoms with Crippen molar-refractivity contribution >= 4 is 23.1 Å². The number of halogens is 1. The number of methoxy groups -OCH3 is 1. The molecular weight excluding hydrogens is 395 g/mol. The summed E-state index contributed by atoms with van der Waals surface area (Å²) in [5.41, 5.74) is 1.46. The number of urea groups is 1. The Kier molecular flexibility index (Phi) is 7.09. The lowest BCUT2D eigenvalue weighted by atomic mass is 10.1. The van der Waals surface area contributed by atoms with Crippen molar-refractivity contribution in [3.05, 3.63) is 69.9 Å². The maximum Gasteiger partial charge on any atom is 0.319 e. The lowest BCUT2D eigenvalue weighted by Gasteiger charge is -2.17. The Morgan fingerprint density at radius 1 is 1.17 bits per heavy atom. The first-order chi connectivity index (χ1) is 14.1. The van der Waals surface area contributed by atoms with E-state index in [9.17, 15) is 9.18 Å². The molecular formula is C20H21FN4O3S. The smallest absolute Gasteiger partial charge is 0.319 e. The lowest BCUT2D eigenvalue weighted by molar-refractivity contribution is 0.248. The van der Waals surface area contributed by atoms with Crippen molar-refractivity contribution in [1.82, 2.24) is 15.5 Å². The zero-order valence-corrected chi connectivity index (χ0v) is 16.6. The van der Waals surface area contributed by atoms with E-state index < -0.39 is 12.1 Å². The number of ether oxygens (including phenoxy) is 1. The van der Waals surface area contributed by atoms with E-state index in [0.29, 0.717) is 28.5 Å². The molecule has 0 saturated carbocycles.